The summed E-state index contributed by atoms with van der Waals surface area (Å²) in [6.07, 6.45) is -1.75. The minimum atomic E-state index is -4.54. The molecule has 0 unspecified atom stereocenters. The van der Waals surface area contributed by atoms with Crippen LogP contribution in [0, 0.1) is 0 Å². The first-order valence-electron chi connectivity index (χ1n) is 25.6. The van der Waals surface area contributed by atoms with Crippen LogP contribution in [0.4, 0.5) is 70.8 Å². The van der Waals surface area contributed by atoms with Crippen molar-refractivity contribution in [2.24, 2.45) is 0 Å². The Morgan fingerprint density at radius 3 is 1.60 bits per heavy atom. The maximum atomic E-state index is 13.6. The predicted octanol–water partition coefficient (Wildman–Crippen LogP) is 9.73. The smallest absolute Gasteiger partial charge is 0.416 e. The van der Waals surface area contributed by atoms with Crippen LogP contribution in [0.25, 0.3) is 22.5 Å². The topological polar surface area (TPSA) is 226 Å². The maximum Gasteiger partial charge on any atom is 0.416 e. The number of amides is 4. The molecule has 4 atom stereocenters. The van der Waals surface area contributed by atoms with Crippen molar-refractivity contribution < 1.29 is 65.1 Å². The van der Waals surface area contributed by atoms with E-state index in [1.807, 2.05) is 13.8 Å². The molecule has 4 amide bonds. The third kappa shape index (κ3) is 12.9. The fourth-order valence-electron chi connectivity index (χ4n) is 9.99. The Labute approximate surface area is 469 Å². The highest BCUT2D eigenvalue weighted by Crippen LogP contribution is 2.45. The van der Waals surface area contributed by atoms with Crippen LogP contribution in [0.2, 0.25) is 10.0 Å². The second-order valence-electron chi connectivity index (χ2n) is 20.0. The van der Waals surface area contributed by atoms with E-state index in [9.17, 15) is 41.0 Å². The number of urea groups is 2. The second kappa shape index (κ2) is 23.2. The van der Waals surface area contributed by atoms with Crippen LogP contribution in [-0.2, 0) is 21.8 Å². The van der Waals surface area contributed by atoms with Crippen LogP contribution in [0.1, 0.15) is 50.7 Å². The summed E-state index contributed by atoms with van der Waals surface area (Å²) in [7, 11) is 0. The van der Waals surface area contributed by atoms with Crippen LogP contribution in [0.3, 0.4) is 0 Å². The SMILES string of the molecule is CC1(C)OC[C@H](COc2cnc(NC(=O)N3c4nc(-c5cccc(C(F)(F)F)c5)c(Cl)cc4N4CCC[C@H]3C4)nc2)O1.O=C(Nc1ncc(OC[C@H](O)CO)cn1)N1c2nc(-c3cccc(C(F)(F)F)c3)c(Cl)cc2N2CCC[C@H]1C2. The van der Waals surface area contributed by atoms with Gasteiger partial charge in [-0.3, -0.25) is 20.4 Å². The van der Waals surface area contributed by atoms with Gasteiger partial charge in [-0.2, -0.15) is 26.3 Å². The molecule has 9 heterocycles. The number of aliphatic hydroxyl groups excluding tert-OH is 2. The van der Waals surface area contributed by atoms with E-state index in [1.54, 1.807) is 12.1 Å². The van der Waals surface area contributed by atoms with Gasteiger partial charge < -0.3 is 39.0 Å². The fourth-order valence-corrected chi connectivity index (χ4v) is 10.5. The standard InChI is InChI=1S/C28H28ClF3N6O4.C25H24ClF3N6O4/c1-27(2)41-15-20(42-27)14-40-19-11-33-25(34-12-19)36-26(39)38-18-7-4-8-37(13-18)22-10-21(29)23(35-24(22)38)16-5-3-6-17(9-16)28(30,31)32;26-19-8-20-22(32-21(19)14-3-1-4-15(7-14)25(27,28)29)35(16-5-2-6-34(20)11-16)24(38)33-23-30-9-18(10-31-23)39-13-17(37)12-36/h3,5-6,9-12,18,20H,4,7-8,13-15H2,1-2H3,(H,33,34,36,39);1,3-4,7-10,16-17,36-37H,2,5-6,11-13H2,(H,30,31,33,38)/t18-,20-;16-,17+/m00/s1. The molecule has 28 heteroatoms. The Hall–Kier alpha value is -7.36. The van der Waals surface area contributed by atoms with E-state index in [2.05, 4.69) is 50.3 Å². The molecule has 20 nitrogen and oxygen atoms in total. The number of anilines is 6. The molecule has 0 spiro atoms. The first kappa shape index (κ1) is 56.9. The summed E-state index contributed by atoms with van der Waals surface area (Å²) in [5.74, 6) is 0.598. The molecule has 6 aromatic rings. The second-order valence-corrected chi connectivity index (χ2v) is 20.8. The Kier molecular flexibility index (Phi) is 16.3. The highest BCUT2D eigenvalue weighted by Gasteiger charge is 2.42. The zero-order valence-corrected chi connectivity index (χ0v) is 44.7. The minimum Gasteiger partial charge on any atom is -0.488 e. The molecule has 3 saturated heterocycles. The number of nitrogens with zero attached hydrogens (tertiary/aromatic N) is 10. The molecule has 3 fully saturated rings. The maximum absolute atomic E-state index is 13.6. The number of carbonyl (C=O) groups is 2. The van der Waals surface area contributed by atoms with Gasteiger partial charge >= 0.3 is 24.4 Å². The van der Waals surface area contributed by atoms with Crippen molar-refractivity contribution in [3.63, 3.8) is 0 Å². The van der Waals surface area contributed by atoms with Gasteiger partial charge in [0.25, 0.3) is 0 Å². The van der Waals surface area contributed by atoms with Crippen LogP contribution in [0.5, 0.6) is 11.5 Å². The molecule has 4 bridgehead atoms. The summed E-state index contributed by atoms with van der Waals surface area (Å²) >= 11 is 13.1. The number of nitrogens with one attached hydrogen (secondary N) is 2. The van der Waals surface area contributed by atoms with Gasteiger partial charge in [0.05, 0.1) is 94.0 Å². The number of fused-ring (bicyclic) bond motifs is 8. The predicted molar refractivity (Wildman–Crippen MR) is 286 cm³/mol. The minimum absolute atomic E-state index is 0.0121. The van der Waals surface area contributed by atoms with E-state index in [4.69, 9.17) is 47.3 Å². The van der Waals surface area contributed by atoms with Crippen molar-refractivity contribution in [1.29, 1.82) is 0 Å². The lowest BCUT2D eigenvalue weighted by Crippen LogP contribution is -2.56. The molecule has 0 aliphatic carbocycles. The van der Waals surface area contributed by atoms with Crippen molar-refractivity contribution in [2.75, 3.05) is 82.8 Å². The number of alkyl halides is 6. The highest BCUT2D eigenvalue weighted by atomic mass is 35.5. The summed E-state index contributed by atoms with van der Waals surface area (Å²) in [5.41, 5.74) is 0.239. The van der Waals surface area contributed by atoms with Crippen molar-refractivity contribution in [1.82, 2.24) is 29.9 Å². The number of rotatable bonds is 11. The summed E-state index contributed by atoms with van der Waals surface area (Å²) in [5, 5.41) is 24.0. The monoisotopic (exact) mass is 1170 g/mol. The Morgan fingerprint density at radius 1 is 0.728 bits per heavy atom. The number of pyridine rings is 2. The lowest BCUT2D eigenvalue weighted by molar-refractivity contribution is -0.141. The van der Waals surface area contributed by atoms with E-state index in [0.29, 0.717) is 49.1 Å². The van der Waals surface area contributed by atoms with Crippen molar-refractivity contribution in [3.8, 4) is 34.0 Å². The number of benzene rings is 2. The largest absolute Gasteiger partial charge is 0.488 e. The number of aliphatic hydroxyl groups is 2. The van der Waals surface area contributed by atoms with Crippen LogP contribution in [-0.4, -0.2) is 135 Å². The highest BCUT2D eigenvalue weighted by molar-refractivity contribution is 6.34. The van der Waals surface area contributed by atoms with Gasteiger partial charge in [0.1, 0.15) is 25.4 Å². The quantitative estimate of drug-likeness (QED) is 0.0886. The van der Waals surface area contributed by atoms with E-state index in [-0.39, 0.29) is 87.4 Å². The number of carbonyl (C=O) groups excluding carboxylic acids is 2. The summed E-state index contributed by atoms with van der Waals surface area (Å²) in [6.45, 7) is 6.30. The van der Waals surface area contributed by atoms with Gasteiger partial charge in [0.2, 0.25) is 11.9 Å². The van der Waals surface area contributed by atoms with Crippen LogP contribution < -0.4 is 39.7 Å². The summed E-state index contributed by atoms with van der Waals surface area (Å²) < 4.78 is 102. The van der Waals surface area contributed by atoms with Crippen molar-refractivity contribution >= 4 is 70.2 Å². The molecule has 5 aliphatic rings. The zero-order chi connectivity index (χ0) is 57.4. The zero-order valence-electron chi connectivity index (χ0n) is 43.2. The number of aromatic nitrogens is 6. The van der Waals surface area contributed by atoms with Crippen molar-refractivity contribution in [2.45, 2.75) is 82.0 Å². The van der Waals surface area contributed by atoms with Crippen LogP contribution >= 0.6 is 23.2 Å². The molecule has 2 aromatic carbocycles. The third-order valence-electron chi connectivity index (χ3n) is 13.7. The number of hydrogen-bond acceptors (Lipinski definition) is 16. The number of hydrogen-bond donors (Lipinski definition) is 4. The molecule has 5 aliphatic heterocycles. The number of ether oxygens (including phenoxy) is 4. The molecular formula is C53H52Cl2F6N12O8. The Morgan fingerprint density at radius 2 is 1.19 bits per heavy atom. The van der Waals surface area contributed by atoms with Crippen molar-refractivity contribution in [3.05, 3.63) is 107 Å². The summed E-state index contributed by atoms with van der Waals surface area (Å²) in [4.78, 5) is 60.1. The van der Waals surface area contributed by atoms with E-state index in [1.165, 1.54) is 58.9 Å². The lowest BCUT2D eigenvalue weighted by atomic mass is 9.99. The normalized spacial score (nSPS) is 19.4. The molecule has 11 rings (SSSR count). The fraction of sp³-hybridized carbons (Fsp3) is 0.396. The average molecular weight is 1170 g/mol. The first-order valence-corrected chi connectivity index (χ1v) is 26.3. The van der Waals surface area contributed by atoms with Gasteiger partial charge in [-0.25, -0.2) is 39.5 Å². The molecule has 4 N–H and O–H groups in total. The van der Waals surface area contributed by atoms with E-state index < -0.39 is 54.0 Å². The van der Waals surface area contributed by atoms with Gasteiger partial charge in [-0.05, 0) is 75.9 Å². The van der Waals surface area contributed by atoms with Gasteiger partial charge in [-0.1, -0.05) is 47.5 Å². The molecular weight excluding hydrogens is 1120 g/mol. The third-order valence-corrected chi connectivity index (χ3v) is 14.3. The molecule has 428 valence electrons. The van der Waals surface area contributed by atoms with Gasteiger partial charge in [0, 0.05) is 37.3 Å². The van der Waals surface area contributed by atoms with Gasteiger partial charge in [-0.15, -0.1) is 0 Å². The molecule has 0 saturated carbocycles. The Bertz CT molecular complexity index is 3280. The first-order chi connectivity index (χ1) is 38.6. The summed E-state index contributed by atoms with van der Waals surface area (Å²) in [6, 6.07) is 11.3. The van der Waals surface area contributed by atoms with E-state index in [0.717, 1.165) is 56.6 Å². The van der Waals surface area contributed by atoms with Gasteiger partial charge in [0.15, 0.2) is 28.9 Å². The number of halogens is 8. The van der Waals surface area contributed by atoms with E-state index >= 15 is 0 Å². The lowest BCUT2D eigenvalue weighted by Gasteiger charge is -2.45. The Balaban J connectivity index is 0.000000182. The average Bonchev–Trinajstić information content (AvgIpc) is 3.83. The molecule has 81 heavy (non-hydrogen) atoms. The number of piperidine rings is 2. The van der Waals surface area contributed by atoms with Crippen LogP contribution in [0.15, 0.2) is 85.5 Å². The molecule has 4 aromatic heterocycles. The molecule has 0 radical (unpaired) electrons.